The van der Waals surface area contributed by atoms with Crippen molar-refractivity contribution in [2.24, 2.45) is 11.8 Å². The molecule has 6 nitrogen and oxygen atoms in total. The normalized spacial score (nSPS) is 22.6. The van der Waals surface area contributed by atoms with Gasteiger partial charge in [0.15, 0.2) is 11.5 Å². The SMILES string of the molecule is COc1ccc(CCC2(C(C(=O)NC3CCCCC3)C3CCCCC3)Nc3ccc(F)cc3N2)cc1OC. The topological polar surface area (TPSA) is 71.6 Å². The molecular weight excluding hydrogens is 481 g/mol. The van der Waals surface area contributed by atoms with Crippen LogP contribution in [-0.2, 0) is 11.2 Å². The number of fused-ring (bicyclic) bond motifs is 1. The highest BCUT2D eigenvalue weighted by Crippen LogP contribution is 2.46. The lowest BCUT2D eigenvalue weighted by atomic mass is 9.71. The molecule has 2 aliphatic carbocycles. The third-order valence-corrected chi connectivity index (χ3v) is 8.84. The molecule has 0 radical (unpaired) electrons. The van der Waals surface area contributed by atoms with Gasteiger partial charge in [-0.2, -0.15) is 0 Å². The van der Waals surface area contributed by atoms with Gasteiger partial charge in [0.1, 0.15) is 11.5 Å². The van der Waals surface area contributed by atoms with E-state index < -0.39 is 5.66 Å². The van der Waals surface area contributed by atoms with Gasteiger partial charge in [0.25, 0.3) is 0 Å². The van der Waals surface area contributed by atoms with Gasteiger partial charge in [0, 0.05) is 6.04 Å². The minimum atomic E-state index is -0.718. The maximum atomic E-state index is 14.3. The lowest BCUT2D eigenvalue weighted by Gasteiger charge is -2.44. The number of carbonyl (C=O) groups excluding carboxylic acids is 1. The number of hydrogen-bond acceptors (Lipinski definition) is 5. The Hall–Kier alpha value is -2.96. The summed E-state index contributed by atoms with van der Waals surface area (Å²) in [5, 5.41) is 10.8. The van der Waals surface area contributed by atoms with E-state index in [1.165, 1.54) is 37.8 Å². The van der Waals surface area contributed by atoms with Crippen LogP contribution in [0.2, 0.25) is 0 Å². The molecule has 1 amide bonds. The molecule has 0 aromatic heterocycles. The van der Waals surface area contributed by atoms with Crippen molar-refractivity contribution < 1.29 is 18.7 Å². The monoisotopic (exact) mass is 523 g/mol. The maximum absolute atomic E-state index is 14.3. The van der Waals surface area contributed by atoms with E-state index in [1.807, 2.05) is 12.1 Å². The van der Waals surface area contributed by atoms with Gasteiger partial charge in [0.2, 0.25) is 5.91 Å². The molecule has 2 aromatic rings. The van der Waals surface area contributed by atoms with Crippen molar-refractivity contribution in [3.63, 3.8) is 0 Å². The molecule has 1 heterocycles. The lowest BCUT2D eigenvalue weighted by Crippen LogP contribution is -2.59. The number of anilines is 2. The minimum Gasteiger partial charge on any atom is -0.493 e. The minimum absolute atomic E-state index is 0.129. The summed E-state index contributed by atoms with van der Waals surface area (Å²) in [6.45, 7) is 0. The molecule has 3 aliphatic rings. The number of ether oxygens (including phenoxy) is 2. The standard InChI is InChI=1S/C31H42FN3O3/c1-37-27-16-13-21(19-28(27)38-2)17-18-31(34-25-15-14-23(32)20-26(25)35-31)29(22-9-5-3-6-10-22)30(36)33-24-11-7-4-8-12-24/h13-16,19-20,22,24,29,34-35H,3-12,17-18H2,1-2H3,(H,33,36). The van der Waals surface area contributed by atoms with Crippen LogP contribution in [-0.4, -0.2) is 31.8 Å². The van der Waals surface area contributed by atoms with Crippen LogP contribution in [0, 0.1) is 17.7 Å². The van der Waals surface area contributed by atoms with E-state index in [0.717, 1.165) is 61.9 Å². The third kappa shape index (κ3) is 5.71. The van der Waals surface area contributed by atoms with Gasteiger partial charge in [-0.3, -0.25) is 4.79 Å². The summed E-state index contributed by atoms with van der Waals surface area (Å²) in [6.07, 6.45) is 12.7. The highest BCUT2D eigenvalue weighted by atomic mass is 19.1. The van der Waals surface area contributed by atoms with E-state index in [1.54, 1.807) is 20.3 Å². The lowest BCUT2D eigenvalue weighted by molar-refractivity contribution is -0.130. The highest BCUT2D eigenvalue weighted by molar-refractivity contribution is 5.86. The van der Waals surface area contributed by atoms with Crippen molar-refractivity contribution in [2.45, 2.75) is 88.8 Å². The van der Waals surface area contributed by atoms with Crippen LogP contribution >= 0.6 is 0 Å². The first-order valence-electron chi connectivity index (χ1n) is 14.4. The number of halogens is 1. The Morgan fingerprint density at radius 3 is 2.32 bits per heavy atom. The molecule has 5 rings (SSSR count). The van der Waals surface area contributed by atoms with E-state index >= 15 is 0 Å². The molecule has 2 atom stereocenters. The number of hydrogen-bond donors (Lipinski definition) is 3. The number of carbonyl (C=O) groups is 1. The first kappa shape index (κ1) is 26.6. The van der Waals surface area contributed by atoms with Crippen LogP contribution in [0.4, 0.5) is 15.8 Å². The summed E-state index contributed by atoms with van der Waals surface area (Å²) in [7, 11) is 3.28. The number of amides is 1. The second-order valence-electron chi connectivity index (χ2n) is 11.3. The zero-order chi connectivity index (χ0) is 26.5. The average Bonchev–Trinajstić information content (AvgIpc) is 3.31. The molecule has 2 saturated carbocycles. The van der Waals surface area contributed by atoms with E-state index in [0.29, 0.717) is 17.9 Å². The molecular formula is C31H42FN3O3. The van der Waals surface area contributed by atoms with E-state index in [2.05, 4.69) is 22.0 Å². The van der Waals surface area contributed by atoms with Gasteiger partial charge >= 0.3 is 0 Å². The summed E-state index contributed by atoms with van der Waals surface area (Å²) in [5.74, 6) is 1.21. The molecule has 206 valence electrons. The molecule has 0 saturated heterocycles. The molecule has 2 unspecified atom stereocenters. The molecule has 3 N–H and O–H groups in total. The summed E-state index contributed by atoms with van der Waals surface area (Å²) >= 11 is 0. The zero-order valence-electron chi connectivity index (χ0n) is 22.8. The van der Waals surface area contributed by atoms with Gasteiger partial charge in [0.05, 0.1) is 31.5 Å². The quantitative estimate of drug-likeness (QED) is 0.343. The van der Waals surface area contributed by atoms with Gasteiger partial charge in [-0.1, -0.05) is 44.6 Å². The zero-order valence-corrected chi connectivity index (χ0v) is 22.8. The predicted octanol–water partition coefficient (Wildman–Crippen LogP) is 6.65. The number of rotatable bonds is 9. The predicted molar refractivity (Wildman–Crippen MR) is 149 cm³/mol. The maximum Gasteiger partial charge on any atom is 0.227 e. The van der Waals surface area contributed by atoms with Crippen LogP contribution < -0.4 is 25.4 Å². The first-order valence-corrected chi connectivity index (χ1v) is 14.4. The Labute approximate surface area is 226 Å². The van der Waals surface area contributed by atoms with E-state index in [-0.39, 0.29) is 29.6 Å². The van der Waals surface area contributed by atoms with Gasteiger partial charge in [-0.05, 0) is 80.3 Å². The van der Waals surface area contributed by atoms with Crippen LogP contribution in [0.1, 0.15) is 76.2 Å². The summed E-state index contributed by atoms with van der Waals surface area (Å²) in [4.78, 5) is 14.2. The Morgan fingerprint density at radius 2 is 1.61 bits per heavy atom. The second kappa shape index (κ2) is 11.8. The van der Waals surface area contributed by atoms with Crippen LogP contribution in [0.25, 0.3) is 0 Å². The fraction of sp³-hybridized carbons (Fsp3) is 0.581. The average molecular weight is 524 g/mol. The van der Waals surface area contributed by atoms with Crippen molar-refractivity contribution >= 4 is 17.3 Å². The Balaban J connectivity index is 1.47. The molecule has 38 heavy (non-hydrogen) atoms. The Morgan fingerprint density at radius 1 is 0.921 bits per heavy atom. The second-order valence-corrected chi connectivity index (χ2v) is 11.3. The van der Waals surface area contributed by atoms with Crippen LogP contribution in [0.3, 0.4) is 0 Å². The third-order valence-electron chi connectivity index (χ3n) is 8.84. The number of benzene rings is 2. The summed E-state index contributed by atoms with van der Waals surface area (Å²) < 4.78 is 25.2. The largest absolute Gasteiger partial charge is 0.493 e. The Bertz CT molecular complexity index is 1110. The van der Waals surface area contributed by atoms with Gasteiger partial charge < -0.3 is 25.4 Å². The molecule has 2 fully saturated rings. The Kier molecular flexibility index (Phi) is 8.29. The molecule has 2 aromatic carbocycles. The fourth-order valence-corrected chi connectivity index (χ4v) is 6.90. The molecule has 0 spiro atoms. The van der Waals surface area contributed by atoms with Crippen molar-refractivity contribution in [3.8, 4) is 11.5 Å². The molecule has 1 aliphatic heterocycles. The highest BCUT2D eigenvalue weighted by Gasteiger charge is 2.50. The number of nitrogens with one attached hydrogen (secondary N) is 3. The number of aryl methyl sites for hydroxylation is 1. The van der Waals surface area contributed by atoms with Crippen LogP contribution in [0.5, 0.6) is 11.5 Å². The fourth-order valence-electron chi connectivity index (χ4n) is 6.90. The van der Waals surface area contributed by atoms with Crippen LogP contribution in [0.15, 0.2) is 36.4 Å². The van der Waals surface area contributed by atoms with Crippen molar-refractivity contribution in [1.82, 2.24) is 5.32 Å². The first-order chi connectivity index (χ1) is 18.5. The van der Waals surface area contributed by atoms with Gasteiger partial charge in [-0.25, -0.2) is 4.39 Å². The van der Waals surface area contributed by atoms with Crippen molar-refractivity contribution in [1.29, 1.82) is 0 Å². The van der Waals surface area contributed by atoms with Gasteiger partial charge in [-0.15, -0.1) is 0 Å². The smallest absolute Gasteiger partial charge is 0.227 e. The van der Waals surface area contributed by atoms with E-state index in [9.17, 15) is 9.18 Å². The van der Waals surface area contributed by atoms with E-state index in [4.69, 9.17) is 9.47 Å². The van der Waals surface area contributed by atoms with Crippen molar-refractivity contribution in [3.05, 3.63) is 47.8 Å². The van der Waals surface area contributed by atoms with Crippen molar-refractivity contribution in [2.75, 3.05) is 24.9 Å². The number of methoxy groups -OCH3 is 2. The molecule has 0 bridgehead atoms. The molecule has 7 heteroatoms. The summed E-state index contributed by atoms with van der Waals surface area (Å²) in [6, 6.07) is 11.0. The summed E-state index contributed by atoms with van der Waals surface area (Å²) in [5.41, 5.74) is 1.96.